The second-order valence-electron chi connectivity index (χ2n) is 5.44. The van der Waals surface area contributed by atoms with E-state index in [0.29, 0.717) is 11.8 Å². The first-order chi connectivity index (χ1) is 9.65. The molecule has 1 atom stereocenters. The zero-order valence-corrected chi connectivity index (χ0v) is 12.0. The van der Waals surface area contributed by atoms with Gasteiger partial charge in [0, 0.05) is 6.04 Å². The number of rotatable bonds is 5. The molecule has 0 heterocycles. The highest BCUT2D eigenvalue weighted by Crippen LogP contribution is 2.18. The first kappa shape index (κ1) is 14.9. The van der Waals surface area contributed by atoms with Crippen LogP contribution in [0.2, 0.25) is 0 Å². The number of carbonyl (C=O) groups is 1. The van der Waals surface area contributed by atoms with Gasteiger partial charge in [0.05, 0.1) is 6.10 Å². The topological polar surface area (TPSA) is 58.6 Å². The van der Waals surface area contributed by atoms with Crippen LogP contribution in [0.4, 0.5) is 0 Å². The molecule has 110 valence electrons. The highest BCUT2D eigenvalue weighted by molar-refractivity contribution is 5.77. The number of amides is 1. The summed E-state index contributed by atoms with van der Waals surface area (Å²) in [6.45, 7) is 1.76. The van der Waals surface area contributed by atoms with Gasteiger partial charge in [-0.1, -0.05) is 31.4 Å². The van der Waals surface area contributed by atoms with Crippen molar-refractivity contribution in [3.63, 3.8) is 0 Å². The van der Waals surface area contributed by atoms with E-state index in [-0.39, 0.29) is 12.5 Å². The highest BCUT2D eigenvalue weighted by Gasteiger charge is 2.15. The molecule has 1 aliphatic rings. The molecule has 0 bridgehead atoms. The number of hydrogen-bond acceptors (Lipinski definition) is 3. The maximum Gasteiger partial charge on any atom is 0.258 e. The van der Waals surface area contributed by atoms with Crippen LogP contribution in [-0.4, -0.2) is 23.7 Å². The van der Waals surface area contributed by atoms with E-state index in [9.17, 15) is 9.90 Å². The Kier molecular flexibility index (Phi) is 5.41. The van der Waals surface area contributed by atoms with Gasteiger partial charge in [-0.25, -0.2) is 0 Å². The van der Waals surface area contributed by atoms with Gasteiger partial charge in [-0.3, -0.25) is 4.79 Å². The van der Waals surface area contributed by atoms with Gasteiger partial charge in [0.15, 0.2) is 6.61 Å². The van der Waals surface area contributed by atoms with Crippen molar-refractivity contribution in [1.29, 1.82) is 0 Å². The number of aliphatic hydroxyl groups is 1. The molecule has 1 aromatic carbocycles. The monoisotopic (exact) mass is 277 g/mol. The van der Waals surface area contributed by atoms with E-state index in [2.05, 4.69) is 5.32 Å². The Hall–Kier alpha value is -1.55. The van der Waals surface area contributed by atoms with Crippen molar-refractivity contribution < 1.29 is 14.6 Å². The van der Waals surface area contributed by atoms with Gasteiger partial charge in [0.25, 0.3) is 5.91 Å². The molecule has 2 N–H and O–H groups in total. The molecular formula is C16H23NO3. The lowest BCUT2D eigenvalue weighted by atomic mass is 9.95. The molecular weight excluding hydrogens is 254 g/mol. The summed E-state index contributed by atoms with van der Waals surface area (Å²) in [5.74, 6) is 0.588. The molecule has 0 aliphatic heterocycles. The lowest BCUT2D eigenvalue weighted by Gasteiger charge is -2.22. The minimum absolute atomic E-state index is 0.0462. The third-order valence-electron chi connectivity index (χ3n) is 3.70. The zero-order valence-electron chi connectivity index (χ0n) is 12.0. The van der Waals surface area contributed by atoms with Gasteiger partial charge in [-0.2, -0.15) is 0 Å². The van der Waals surface area contributed by atoms with Crippen LogP contribution < -0.4 is 10.1 Å². The summed E-state index contributed by atoms with van der Waals surface area (Å²) in [7, 11) is 0. The zero-order chi connectivity index (χ0) is 14.4. The molecule has 1 saturated carbocycles. The second-order valence-corrected chi connectivity index (χ2v) is 5.44. The van der Waals surface area contributed by atoms with Crippen molar-refractivity contribution in [1.82, 2.24) is 5.32 Å². The largest absolute Gasteiger partial charge is 0.484 e. The summed E-state index contributed by atoms with van der Waals surface area (Å²) in [6, 6.07) is 7.47. The van der Waals surface area contributed by atoms with Crippen LogP contribution in [0.5, 0.6) is 5.75 Å². The number of hydrogen-bond donors (Lipinski definition) is 2. The Labute approximate surface area is 120 Å². The summed E-state index contributed by atoms with van der Waals surface area (Å²) in [4.78, 5) is 11.8. The number of nitrogens with one attached hydrogen (secondary N) is 1. The van der Waals surface area contributed by atoms with E-state index >= 15 is 0 Å². The Morgan fingerprint density at radius 2 is 1.95 bits per heavy atom. The highest BCUT2D eigenvalue weighted by atomic mass is 16.5. The molecule has 2 rings (SSSR count). The Balaban J connectivity index is 1.74. The van der Waals surface area contributed by atoms with E-state index in [4.69, 9.17) is 4.74 Å². The molecule has 4 heteroatoms. The van der Waals surface area contributed by atoms with Crippen molar-refractivity contribution in [3.8, 4) is 5.75 Å². The fourth-order valence-electron chi connectivity index (χ4n) is 2.51. The second kappa shape index (κ2) is 7.29. The average Bonchev–Trinajstić information content (AvgIpc) is 2.46. The minimum atomic E-state index is -0.487. The normalized spacial score (nSPS) is 17.5. The third-order valence-corrected chi connectivity index (χ3v) is 3.70. The summed E-state index contributed by atoms with van der Waals surface area (Å²) >= 11 is 0. The summed E-state index contributed by atoms with van der Waals surface area (Å²) in [5.41, 5.74) is 0.837. The molecule has 0 aromatic heterocycles. The molecule has 1 amide bonds. The van der Waals surface area contributed by atoms with Crippen LogP contribution in [0.15, 0.2) is 24.3 Å². The maximum absolute atomic E-state index is 11.8. The smallest absolute Gasteiger partial charge is 0.258 e. The summed E-state index contributed by atoms with van der Waals surface area (Å²) < 4.78 is 5.45. The van der Waals surface area contributed by atoms with Crippen LogP contribution in [0.1, 0.15) is 50.7 Å². The molecule has 20 heavy (non-hydrogen) atoms. The van der Waals surface area contributed by atoms with Gasteiger partial charge < -0.3 is 15.2 Å². The lowest BCUT2D eigenvalue weighted by Crippen LogP contribution is -2.38. The predicted molar refractivity (Wildman–Crippen MR) is 77.6 cm³/mol. The van der Waals surface area contributed by atoms with E-state index in [1.165, 1.54) is 19.3 Å². The minimum Gasteiger partial charge on any atom is -0.484 e. The summed E-state index contributed by atoms with van der Waals surface area (Å²) in [5, 5.41) is 12.4. The van der Waals surface area contributed by atoms with E-state index in [0.717, 1.165) is 18.4 Å². The molecule has 4 nitrogen and oxygen atoms in total. The fourth-order valence-corrected chi connectivity index (χ4v) is 2.51. The summed E-state index contributed by atoms with van der Waals surface area (Å²) in [6.07, 6.45) is 5.35. The van der Waals surface area contributed by atoms with Gasteiger partial charge in [-0.05, 0) is 37.5 Å². The Morgan fingerprint density at radius 1 is 1.30 bits per heavy atom. The van der Waals surface area contributed by atoms with Crippen molar-refractivity contribution in [2.75, 3.05) is 6.61 Å². The van der Waals surface area contributed by atoms with Crippen LogP contribution in [0.3, 0.4) is 0 Å². The molecule has 0 radical (unpaired) electrons. The van der Waals surface area contributed by atoms with Gasteiger partial charge in [0.2, 0.25) is 0 Å². The van der Waals surface area contributed by atoms with E-state index in [1.807, 2.05) is 0 Å². The van der Waals surface area contributed by atoms with E-state index < -0.39 is 6.10 Å². The molecule has 1 aromatic rings. The SMILES string of the molecule is CC(O)c1ccc(OCC(=O)NC2CCCCC2)cc1. The quantitative estimate of drug-likeness (QED) is 0.869. The van der Waals surface area contributed by atoms with Crippen molar-refractivity contribution in [3.05, 3.63) is 29.8 Å². The van der Waals surface area contributed by atoms with Crippen LogP contribution in [0.25, 0.3) is 0 Å². The van der Waals surface area contributed by atoms with Gasteiger partial charge in [0.1, 0.15) is 5.75 Å². The molecule has 1 fully saturated rings. The van der Waals surface area contributed by atoms with Crippen LogP contribution in [0, 0.1) is 0 Å². The van der Waals surface area contributed by atoms with Gasteiger partial charge in [-0.15, -0.1) is 0 Å². The van der Waals surface area contributed by atoms with Gasteiger partial charge >= 0.3 is 0 Å². The lowest BCUT2D eigenvalue weighted by molar-refractivity contribution is -0.124. The molecule has 0 spiro atoms. The number of ether oxygens (including phenoxy) is 1. The van der Waals surface area contributed by atoms with E-state index in [1.54, 1.807) is 31.2 Å². The first-order valence-electron chi connectivity index (χ1n) is 7.35. The predicted octanol–water partition coefficient (Wildman–Crippen LogP) is 2.57. The Morgan fingerprint density at radius 3 is 2.55 bits per heavy atom. The average molecular weight is 277 g/mol. The number of carbonyl (C=O) groups excluding carboxylic acids is 1. The number of aliphatic hydroxyl groups excluding tert-OH is 1. The van der Waals surface area contributed by atoms with Crippen LogP contribution in [-0.2, 0) is 4.79 Å². The maximum atomic E-state index is 11.8. The fraction of sp³-hybridized carbons (Fsp3) is 0.562. The third kappa shape index (κ3) is 4.53. The van der Waals surface area contributed by atoms with Crippen molar-refractivity contribution >= 4 is 5.91 Å². The Bertz CT molecular complexity index is 422. The molecule has 0 saturated heterocycles. The molecule has 1 unspecified atom stereocenters. The molecule has 1 aliphatic carbocycles. The number of benzene rings is 1. The van der Waals surface area contributed by atoms with Crippen molar-refractivity contribution in [2.45, 2.75) is 51.2 Å². The van der Waals surface area contributed by atoms with Crippen molar-refractivity contribution in [2.24, 2.45) is 0 Å². The standard InChI is InChI=1S/C16H23NO3/c1-12(18)13-7-9-15(10-8-13)20-11-16(19)17-14-5-3-2-4-6-14/h7-10,12,14,18H,2-6,11H2,1H3,(H,17,19). The van der Waals surface area contributed by atoms with Crippen LogP contribution >= 0.6 is 0 Å². The first-order valence-corrected chi connectivity index (χ1v) is 7.35.